The SMILES string of the molecule is Cc1ccc2c(oc3c(-c4ccc(CC(C)(C)C)cc4)cccc32)c1-c1cccc[n+]1C. The first-order valence-electron chi connectivity index (χ1n) is 11.3. The van der Waals surface area contributed by atoms with Crippen LogP contribution in [0.25, 0.3) is 44.3 Å². The lowest BCUT2D eigenvalue weighted by Gasteiger charge is -2.18. The molecule has 0 bridgehead atoms. The molecule has 0 amide bonds. The molecule has 0 aliphatic carbocycles. The van der Waals surface area contributed by atoms with Crippen LogP contribution in [0.1, 0.15) is 31.9 Å². The maximum absolute atomic E-state index is 6.66. The molecule has 160 valence electrons. The second-order valence-electron chi connectivity index (χ2n) is 10.0. The molecule has 32 heavy (non-hydrogen) atoms. The molecule has 5 rings (SSSR count). The van der Waals surface area contributed by atoms with E-state index >= 15 is 0 Å². The van der Waals surface area contributed by atoms with Gasteiger partial charge in [-0.2, -0.15) is 0 Å². The summed E-state index contributed by atoms with van der Waals surface area (Å²) in [6, 6.07) is 26.1. The lowest BCUT2D eigenvalue weighted by atomic mass is 9.87. The lowest BCUT2D eigenvalue weighted by Crippen LogP contribution is -2.30. The zero-order valence-electron chi connectivity index (χ0n) is 19.6. The largest absolute Gasteiger partial charge is 0.454 e. The molecule has 0 unspecified atom stereocenters. The van der Waals surface area contributed by atoms with E-state index in [1.807, 2.05) is 0 Å². The van der Waals surface area contributed by atoms with E-state index < -0.39 is 0 Å². The second-order valence-corrected chi connectivity index (χ2v) is 10.0. The molecule has 0 saturated carbocycles. The molecule has 0 spiro atoms. The molecule has 2 heteroatoms. The molecular formula is C30H30NO+. The van der Waals surface area contributed by atoms with Gasteiger partial charge in [0, 0.05) is 28.5 Å². The Morgan fingerprint density at radius 2 is 1.53 bits per heavy atom. The van der Waals surface area contributed by atoms with E-state index in [4.69, 9.17) is 4.42 Å². The van der Waals surface area contributed by atoms with Gasteiger partial charge in [-0.15, -0.1) is 0 Å². The van der Waals surface area contributed by atoms with Crippen LogP contribution >= 0.6 is 0 Å². The first-order chi connectivity index (χ1) is 15.3. The van der Waals surface area contributed by atoms with Crippen molar-refractivity contribution in [2.45, 2.75) is 34.1 Å². The predicted molar refractivity (Wildman–Crippen MR) is 134 cm³/mol. The molecule has 2 aromatic heterocycles. The van der Waals surface area contributed by atoms with Gasteiger partial charge in [-0.05, 0) is 41.5 Å². The van der Waals surface area contributed by atoms with Crippen LogP contribution in [-0.4, -0.2) is 0 Å². The number of rotatable bonds is 3. The average molecular weight is 421 g/mol. The van der Waals surface area contributed by atoms with Gasteiger partial charge in [0.25, 0.3) is 0 Å². The van der Waals surface area contributed by atoms with E-state index in [9.17, 15) is 0 Å². The van der Waals surface area contributed by atoms with Crippen LogP contribution in [-0.2, 0) is 13.5 Å². The summed E-state index contributed by atoms with van der Waals surface area (Å²) in [6.07, 6.45) is 3.15. The fourth-order valence-electron chi connectivity index (χ4n) is 4.70. The zero-order chi connectivity index (χ0) is 22.5. The second kappa shape index (κ2) is 7.63. The minimum Gasteiger partial charge on any atom is -0.454 e. The molecule has 0 aliphatic rings. The molecule has 2 heterocycles. The van der Waals surface area contributed by atoms with Crippen molar-refractivity contribution in [1.82, 2.24) is 0 Å². The molecule has 0 aliphatic heterocycles. The van der Waals surface area contributed by atoms with Crippen LogP contribution in [0.15, 0.2) is 83.4 Å². The number of aryl methyl sites for hydroxylation is 2. The number of pyridine rings is 1. The predicted octanol–water partition coefficient (Wildman–Crippen LogP) is 7.64. The number of furan rings is 1. The van der Waals surface area contributed by atoms with Crippen molar-refractivity contribution in [3.05, 3.63) is 90.1 Å². The monoisotopic (exact) mass is 420 g/mol. The molecule has 0 N–H and O–H groups in total. The van der Waals surface area contributed by atoms with E-state index in [1.54, 1.807) is 0 Å². The quantitative estimate of drug-likeness (QED) is 0.274. The number of nitrogens with zero attached hydrogens (tertiary/aromatic N) is 1. The highest BCUT2D eigenvalue weighted by Gasteiger charge is 2.21. The van der Waals surface area contributed by atoms with E-state index in [0.29, 0.717) is 0 Å². The highest BCUT2D eigenvalue weighted by Crippen LogP contribution is 2.40. The van der Waals surface area contributed by atoms with Gasteiger partial charge in [-0.3, -0.25) is 0 Å². The number of fused-ring (bicyclic) bond motifs is 3. The first-order valence-corrected chi connectivity index (χ1v) is 11.3. The van der Waals surface area contributed by atoms with E-state index in [0.717, 1.165) is 45.2 Å². The molecular weight excluding hydrogens is 390 g/mol. The summed E-state index contributed by atoms with van der Waals surface area (Å²) in [5.41, 5.74) is 9.42. The topological polar surface area (TPSA) is 17.0 Å². The summed E-state index contributed by atoms with van der Waals surface area (Å²) in [7, 11) is 2.08. The van der Waals surface area contributed by atoms with Gasteiger partial charge in [-0.1, -0.05) is 75.4 Å². The summed E-state index contributed by atoms with van der Waals surface area (Å²) >= 11 is 0. The minimum atomic E-state index is 0.280. The third-order valence-electron chi connectivity index (χ3n) is 6.19. The van der Waals surface area contributed by atoms with Gasteiger partial charge in [0.15, 0.2) is 6.20 Å². The molecule has 0 saturated heterocycles. The Kier molecular flexibility index (Phi) is 4.89. The normalized spacial score (nSPS) is 12.0. The third-order valence-corrected chi connectivity index (χ3v) is 6.19. The van der Waals surface area contributed by atoms with Crippen LogP contribution in [0.4, 0.5) is 0 Å². The lowest BCUT2D eigenvalue weighted by molar-refractivity contribution is -0.660. The summed E-state index contributed by atoms with van der Waals surface area (Å²) in [4.78, 5) is 0. The molecule has 0 radical (unpaired) electrons. The van der Waals surface area contributed by atoms with Gasteiger partial charge < -0.3 is 4.42 Å². The van der Waals surface area contributed by atoms with Crippen LogP contribution in [0, 0.1) is 12.3 Å². The van der Waals surface area contributed by atoms with Crippen molar-refractivity contribution in [2.75, 3.05) is 0 Å². The van der Waals surface area contributed by atoms with Gasteiger partial charge in [-0.25, -0.2) is 4.57 Å². The maximum Gasteiger partial charge on any atom is 0.216 e. The Morgan fingerprint density at radius 1 is 0.781 bits per heavy atom. The molecule has 0 atom stereocenters. The van der Waals surface area contributed by atoms with Crippen molar-refractivity contribution in [3.8, 4) is 22.4 Å². The van der Waals surface area contributed by atoms with Gasteiger partial charge in [0.2, 0.25) is 5.69 Å². The average Bonchev–Trinajstić information content (AvgIpc) is 3.13. The number of hydrogen-bond donors (Lipinski definition) is 0. The van der Waals surface area contributed by atoms with Crippen molar-refractivity contribution in [3.63, 3.8) is 0 Å². The number of para-hydroxylation sites is 1. The van der Waals surface area contributed by atoms with Crippen LogP contribution in [0.3, 0.4) is 0 Å². The Balaban J connectivity index is 1.70. The Labute approximate surface area is 190 Å². The van der Waals surface area contributed by atoms with E-state index in [2.05, 4.69) is 118 Å². The summed E-state index contributed by atoms with van der Waals surface area (Å²) < 4.78 is 8.81. The van der Waals surface area contributed by atoms with Crippen molar-refractivity contribution in [2.24, 2.45) is 12.5 Å². The molecule has 2 nitrogen and oxygen atoms in total. The minimum absolute atomic E-state index is 0.280. The van der Waals surface area contributed by atoms with Crippen LogP contribution in [0.5, 0.6) is 0 Å². The standard InChI is InChI=1S/C30H30NO/c1-20-12-17-25-24-10-8-9-23(22-15-13-21(14-16-22)19-30(2,3)4)28(24)32-29(25)27(20)26-11-6-7-18-31(26)5/h6-18H,19H2,1-5H3/q+1. The smallest absolute Gasteiger partial charge is 0.216 e. The van der Waals surface area contributed by atoms with E-state index in [-0.39, 0.29) is 5.41 Å². The van der Waals surface area contributed by atoms with Crippen molar-refractivity contribution >= 4 is 21.9 Å². The molecule has 5 aromatic rings. The summed E-state index contributed by atoms with van der Waals surface area (Å²) in [5.74, 6) is 0. The Bertz CT molecular complexity index is 1430. The number of aromatic nitrogens is 1. The molecule has 3 aromatic carbocycles. The summed E-state index contributed by atoms with van der Waals surface area (Å²) in [5, 5.41) is 2.33. The number of benzene rings is 3. The highest BCUT2D eigenvalue weighted by molar-refractivity contribution is 6.13. The van der Waals surface area contributed by atoms with Gasteiger partial charge in [0.1, 0.15) is 18.2 Å². The highest BCUT2D eigenvalue weighted by atomic mass is 16.3. The van der Waals surface area contributed by atoms with Gasteiger partial charge in [0.05, 0.1) is 5.56 Å². The molecule has 0 fully saturated rings. The van der Waals surface area contributed by atoms with E-state index in [1.165, 1.54) is 16.7 Å². The maximum atomic E-state index is 6.66. The van der Waals surface area contributed by atoms with Crippen LogP contribution < -0.4 is 4.57 Å². The fraction of sp³-hybridized carbons (Fsp3) is 0.233. The van der Waals surface area contributed by atoms with Gasteiger partial charge >= 0.3 is 0 Å². The third kappa shape index (κ3) is 3.60. The Hall–Kier alpha value is -3.39. The number of hydrogen-bond acceptors (Lipinski definition) is 1. The first kappa shape index (κ1) is 20.5. The Morgan fingerprint density at radius 3 is 2.25 bits per heavy atom. The zero-order valence-corrected chi connectivity index (χ0v) is 19.6. The van der Waals surface area contributed by atoms with Crippen molar-refractivity contribution in [1.29, 1.82) is 0 Å². The van der Waals surface area contributed by atoms with Crippen LogP contribution in [0.2, 0.25) is 0 Å². The van der Waals surface area contributed by atoms with Crippen molar-refractivity contribution < 1.29 is 8.98 Å². The summed E-state index contributed by atoms with van der Waals surface area (Å²) in [6.45, 7) is 9.00. The fourth-order valence-corrected chi connectivity index (χ4v) is 4.70.